The van der Waals surface area contributed by atoms with Gasteiger partial charge in [0.1, 0.15) is 5.69 Å². The van der Waals surface area contributed by atoms with Gasteiger partial charge in [0.2, 0.25) is 5.75 Å². The van der Waals surface area contributed by atoms with Crippen molar-refractivity contribution in [3.05, 3.63) is 87.4 Å². The summed E-state index contributed by atoms with van der Waals surface area (Å²) in [6.07, 6.45) is 4.35. The van der Waals surface area contributed by atoms with Gasteiger partial charge in [-0.05, 0) is 48.1 Å². The number of morpholine rings is 1. The molecule has 0 bridgehead atoms. The predicted molar refractivity (Wildman–Crippen MR) is 117 cm³/mol. The molecule has 0 spiro atoms. The number of aromatic hydroxyl groups is 1. The minimum atomic E-state index is -0.515. The van der Waals surface area contributed by atoms with Gasteiger partial charge in [-0.15, -0.1) is 0 Å². The second-order valence-electron chi connectivity index (χ2n) is 7.41. The number of benzene rings is 1. The topological polar surface area (TPSA) is 91.3 Å². The smallest absolute Gasteiger partial charge is 0.293 e. The molecule has 1 aliphatic rings. The van der Waals surface area contributed by atoms with Gasteiger partial charge >= 0.3 is 0 Å². The fraction of sp³-hybridized carbons (Fsp3) is 0.292. The molecule has 0 unspecified atom stereocenters. The normalized spacial score (nSPS) is 14.1. The minimum absolute atomic E-state index is 0.312. The van der Waals surface area contributed by atoms with Crippen LogP contribution >= 0.6 is 0 Å². The first-order valence-corrected chi connectivity index (χ1v) is 10.3. The van der Waals surface area contributed by atoms with Gasteiger partial charge in [0.25, 0.3) is 5.56 Å². The Labute approximate surface area is 180 Å². The molecule has 1 saturated heterocycles. The summed E-state index contributed by atoms with van der Waals surface area (Å²) in [5.41, 5.74) is 3.79. The average Bonchev–Trinajstić information content (AvgIpc) is 2.81. The Kier molecular flexibility index (Phi) is 6.72. The number of nitrogens with zero attached hydrogens (tertiary/aromatic N) is 3. The molecule has 7 heteroatoms. The highest BCUT2D eigenvalue weighted by molar-refractivity contribution is 5.41. The molecule has 4 rings (SSSR count). The maximum Gasteiger partial charge on any atom is 0.293 e. The number of hydrogen-bond acceptors (Lipinski definition) is 6. The molecule has 2 N–H and O–H groups in total. The van der Waals surface area contributed by atoms with E-state index >= 15 is 0 Å². The average molecular weight is 416 g/mol. The van der Waals surface area contributed by atoms with Crippen LogP contribution in [0.2, 0.25) is 0 Å². The summed E-state index contributed by atoms with van der Waals surface area (Å²) >= 11 is 0. The highest BCUT2D eigenvalue weighted by Gasteiger charge is 2.10. The molecule has 3 heterocycles. The number of H-pyrrole nitrogens is 1. The van der Waals surface area contributed by atoms with E-state index in [1.165, 1.54) is 11.9 Å². The summed E-state index contributed by atoms with van der Waals surface area (Å²) in [6.45, 7) is 4.39. The van der Waals surface area contributed by atoms with Crippen molar-refractivity contribution in [3.8, 4) is 17.6 Å². The molecule has 3 aromatic rings. The molecule has 158 valence electrons. The molecule has 0 amide bonds. The molecular weight excluding hydrogens is 392 g/mol. The van der Waals surface area contributed by atoms with E-state index in [2.05, 4.69) is 37.8 Å². The van der Waals surface area contributed by atoms with Gasteiger partial charge < -0.3 is 14.8 Å². The second kappa shape index (κ2) is 10.0. The van der Waals surface area contributed by atoms with Crippen molar-refractivity contribution in [2.45, 2.75) is 19.4 Å². The van der Waals surface area contributed by atoms with E-state index < -0.39 is 5.56 Å². The van der Waals surface area contributed by atoms with Crippen LogP contribution in [-0.2, 0) is 24.1 Å². The molecule has 2 aromatic heterocycles. The van der Waals surface area contributed by atoms with E-state index in [1.54, 1.807) is 0 Å². The number of rotatable bonds is 5. The van der Waals surface area contributed by atoms with Crippen molar-refractivity contribution in [1.82, 2.24) is 19.9 Å². The number of aromatic nitrogens is 3. The Hall–Kier alpha value is -3.47. The van der Waals surface area contributed by atoms with E-state index in [0.717, 1.165) is 49.7 Å². The summed E-state index contributed by atoms with van der Waals surface area (Å²) in [4.78, 5) is 24.6. The molecule has 1 fully saturated rings. The zero-order valence-electron chi connectivity index (χ0n) is 17.2. The van der Waals surface area contributed by atoms with E-state index in [0.29, 0.717) is 18.5 Å². The SMILES string of the molecule is O=c1[nH]cnc(CCc2ccc(C#Cc3ccc(CN4CCOCC4)cn3)cc2)c1O. The lowest BCUT2D eigenvalue weighted by Crippen LogP contribution is -2.35. The van der Waals surface area contributed by atoms with Gasteiger partial charge in [0.15, 0.2) is 0 Å². The fourth-order valence-corrected chi connectivity index (χ4v) is 3.38. The fourth-order valence-electron chi connectivity index (χ4n) is 3.38. The highest BCUT2D eigenvalue weighted by Crippen LogP contribution is 2.12. The molecule has 1 aromatic carbocycles. The lowest BCUT2D eigenvalue weighted by molar-refractivity contribution is 0.0341. The van der Waals surface area contributed by atoms with Crippen molar-refractivity contribution < 1.29 is 9.84 Å². The standard InChI is InChI=1S/C24H24N4O3/c29-23-22(26-17-27-24(23)30)10-7-19-3-1-18(2-4-19)5-8-21-9-6-20(15-25-21)16-28-11-13-31-14-12-28/h1-4,6,9,15,17,29H,7,10-14,16H2,(H,26,27,30). The molecule has 1 aliphatic heterocycles. The number of pyridine rings is 1. The van der Waals surface area contributed by atoms with Gasteiger partial charge in [-0.2, -0.15) is 0 Å². The van der Waals surface area contributed by atoms with Crippen molar-refractivity contribution in [1.29, 1.82) is 0 Å². The number of nitrogens with one attached hydrogen (secondary N) is 1. The van der Waals surface area contributed by atoms with Gasteiger partial charge in [-0.3, -0.25) is 9.69 Å². The first-order chi connectivity index (χ1) is 15.2. The first-order valence-electron chi connectivity index (χ1n) is 10.3. The molecule has 7 nitrogen and oxygen atoms in total. The van der Waals surface area contributed by atoms with Gasteiger partial charge in [-0.1, -0.05) is 24.1 Å². The first kappa shape index (κ1) is 20.8. The van der Waals surface area contributed by atoms with Crippen LogP contribution in [0.25, 0.3) is 0 Å². The summed E-state index contributed by atoms with van der Waals surface area (Å²) in [5, 5.41) is 9.76. The largest absolute Gasteiger partial charge is 0.502 e. The van der Waals surface area contributed by atoms with Crippen molar-refractivity contribution in [2.24, 2.45) is 0 Å². The van der Waals surface area contributed by atoms with Gasteiger partial charge in [-0.25, -0.2) is 9.97 Å². The zero-order valence-corrected chi connectivity index (χ0v) is 17.2. The molecular formula is C24H24N4O3. The third-order valence-electron chi connectivity index (χ3n) is 5.18. The minimum Gasteiger partial charge on any atom is -0.502 e. The van der Waals surface area contributed by atoms with Crippen LogP contribution in [0.3, 0.4) is 0 Å². The van der Waals surface area contributed by atoms with Crippen LogP contribution in [0, 0.1) is 11.8 Å². The quantitative estimate of drug-likeness (QED) is 0.618. The maximum atomic E-state index is 11.4. The molecule has 31 heavy (non-hydrogen) atoms. The Balaban J connectivity index is 1.33. The van der Waals surface area contributed by atoms with E-state index in [1.807, 2.05) is 36.5 Å². The van der Waals surface area contributed by atoms with Crippen molar-refractivity contribution >= 4 is 0 Å². The lowest BCUT2D eigenvalue weighted by Gasteiger charge is -2.26. The molecule has 0 saturated carbocycles. The number of ether oxygens (including phenoxy) is 1. The van der Waals surface area contributed by atoms with Crippen molar-refractivity contribution in [3.63, 3.8) is 0 Å². The van der Waals surface area contributed by atoms with Crippen molar-refractivity contribution in [2.75, 3.05) is 26.3 Å². The summed E-state index contributed by atoms with van der Waals surface area (Å²) in [7, 11) is 0. The van der Waals surface area contributed by atoms with Gasteiger partial charge in [0, 0.05) is 31.4 Å². The van der Waals surface area contributed by atoms with Crippen LogP contribution in [0.5, 0.6) is 5.75 Å². The Morgan fingerprint density at radius 2 is 1.77 bits per heavy atom. The van der Waals surface area contributed by atoms with Crippen LogP contribution in [0.15, 0.2) is 53.7 Å². The third kappa shape index (κ3) is 5.79. The number of hydrogen-bond donors (Lipinski definition) is 2. The van der Waals surface area contributed by atoms with Crippen LogP contribution in [0.1, 0.15) is 28.1 Å². The molecule has 0 aliphatic carbocycles. The van der Waals surface area contributed by atoms with E-state index in [4.69, 9.17) is 4.74 Å². The zero-order chi connectivity index (χ0) is 21.5. The van der Waals surface area contributed by atoms with Gasteiger partial charge in [0.05, 0.1) is 25.2 Å². The maximum absolute atomic E-state index is 11.4. The summed E-state index contributed by atoms with van der Waals surface area (Å²) in [5.74, 6) is 5.94. The molecule has 0 atom stereocenters. The van der Waals surface area contributed by atoms with E-state index in [-0.39, 0.29) is 5.75 Å². The second-order valence-corrected chi connectivity index (χ2v) is 7.41. The number of aromatic amines is 1. The highest BCUT2D eigenvalue weighted by atomic mass is 16.5. The molecule has 0 radical (unpaired) electrons. The predicted octanol–water partition coefficient (Wildman–Crippen LogP) is 1.89. The summed E-state index contributed by atoms with van der Waals surface area (Å²) in [6, 6.07) is 11.9. The Morgan fingerprint density at radius 3 is 2.52 bits per heavy atom. The van der Waals surface area contributed by atoms with E-state index in [9.17, 15) is 9.90 Å². The van der Waals surface area contributed by atoms with Crippen LogP contribution < -0.4 is 5.56 Å². The van der Waals surface area contributed by atoms with Crippen LogP contribution in [-0.4, -0.2) is 51.3 Å². The number of aryl methyl sites for hydroxylation is 2. The third-order valence-corrected chi connectivity index (χ3v) is 5.18. The Morgan fingerprint density at radius 1 is 1.00 bits per heavy atom. The van der Waals surface area contributed by atoms with Crippen LogP contribution in [0.4, 0.5) is 0 Å². The summed E-state index contributed by atoms with van der Waals surface area (Å²) < 4.78 is 5.38. The lowest BCUT2D eigenvalue weighted by atomic mass is 10.1. The monoisotopic (exact) mass is 416 g/mol. The Bertz CT molecular complexity index is 1120.